The van der Waals surface area contributed by atoms with Gasteiger partial charge in [0.25, 0.3) is 0 Å². The lowest BCUT2D eigenvalue weighted by atomic mass is 10.2. The minimum atomic E-state index is 0.813. The van der Waals surface area contributed by atoms with Gasteiger partial charge in [0.15, 0.2) is 0 Å². The van der Waals surface area contributed by atoms with Crippen LogP contribution in [0.3, 0.4) is 0 Å². The quantitative estimate of drug-likeness (QED) is 0.758. The molecule has 2 rings (SSSR count). The average molecular weight is 229 g/mol. The van der Waals surface area contributed by atoms with Crippen molar-refractivity contribution in [1.82, 2.24) is 9.78 Å². The van der Waals surface area contributed by atoms with Gasteiger partial charge in [0.1, 0.15) is 11.4 Å². The maximum absolute atomic E-state index is 5.34. The second-order valence-corrected chi connectivity index (χ2v) is 3.83. The molecule has 0 spiro atoms. The van der Waals surface area contributed by atoms with Crippen LogP contribution in [0.2, 0.25) is 0 Å². The Bertz CT molecular complexity index is 543. The zero-order chi connectivity index (χ0) is 12.3. The van der Waals surface area contributed by atoms with Crippen LogP contribution >= 0.6 is 0 Å². The molecule has 4 nitrogen and oxygen atoms in total. The predicted molar refractivity (Wildman–Crippen MR) is 68.2 cm³/mol. The molecule has 0 saturated carbocycles. The lowest BCUT2D eigenvalue weighted by Crippen LogP contribution is -1.87. The van der Waals surface area contributed by atoms with E-state index in [1.807, 2.05) is 38.4 Å². The minimum Gasteiger partial charge on any atom is -0.494 e. The van der Waals surface area contributed by atoms with Gasteiger partial charge in [-0.25, -0.2) is 0 Å². The molecule has 1 aromatic heterocycles. The number of aliphatic imine (C=N–C) groups is 1. The van der Waals surface area contributed by atoms with E-state index in [0.29, 0.717) is 0 Å². The van der Waals surface area contributed by atoms with Crippen molar-refractivity contribution in [3.63, 3.8) is 0 Å². The van der Waals surface area contributed by atoms with Crippen molar-refractivity contribution in [2.75, 3.05) is 7.11 Å². The molecule has 0 N–H and O–H groups in total. The molecule has 0 saturated heterocycles. The van der Waals surface area contributed by atoms with Gasteiger partial charge >= 0.3 is 0 Å². The number of ether oxygens (including phenoxy) is 1. The van der Waals surface area contributed by atoms with Crippen LogP contribution in [-0.4, -0.2) is 23.1 Å². The molecule has 0 aliphatic rings. The van der Waals surface area contributed by atoms with Gasteiger partial charge in [0.05, 0.1) is 13.3 Å². The maximum Gasteiger partial charge on any atom is 0.147 e. The number of aryl methyl sites for hydroxylation is 2. The van der Waals surface area contributed by atoms with Crippen LogP contribution < -0.4 is 4.74 Å². The van der Waals surface area contributed by atoms with E-state index in [-0.39, 0.29) is 0 Å². The van der Waals surface area contributed by atoms with Crippen LogP contribution in [0.25, 0.3) is 0 Å². The molecule has 17 heavy (non-hydrogen) atoms. The number of rotatable bonds is 3. The summed E-state index contributed by atoms with van der Waals surface area (Å²) >= 11 is 0. The summed E-state index contributed by atoms with van der Waals surface area (Å²) < 4.78 is 7.08. The van der Waals surface area contributed by atoms with Crippen LogP contribution in [0, 0.1) is 6.92 Å². The molecule has 88 valence electrons. The molecule has 0 aliphatic carbocycles. The van der Waals surface area contributed by atoms with Crippen LogP contribution in [0.1, 0.15) is 11.1 Å². The van der Waals surface area contributed by atoms with Gasteiger partial charge in [-0.15, -0.1) is 0 Å². The monoisotopic (exact) mass is 229 g/mol. The fourth-order valence-corrected chi connectivity index (χ4v) is 1.66. The Balaban J connectivity index is 2.29. The van der Waals surface area contributed by atoms with E-state index in [2.05, 4.69) is 10.1 Å². The van der Waals surface area contributed by atoms with Gasteiger partial charge in [0, 0.05) is 25.0 Å². The topological polar surface area (TPSA) is 39.4 Å². The molecule has 1 aromatic carbocycles. The third-order valence-corrected chi connectivity index (χ3v) is 2.47. The van der Waals surface area contributed by atoms with Gasteiger partial charge in [-0.1, -0.05) is 12.1 Å². The summed E-state index contributed by atoms with van der Waals surface area (Å²) in [5.74, 6) is 0.813. The summed E-state index contributed by atoms with van der Waals surface area (Å²) in [6, 6.07) is 5.90. The first kappa shape index (κ1) is 11.4. The van der Waals surface area contributed by atoms with E-state index in [1.54, 1.807) is 24.2 Å². The van der Waals surface area contributed by atoms with Gasteiger partial charge < -0.3 is 4.74 Å². The van der Waals surface area contributed by atoms with Crippen molar-refractivity contribution in [2.24, 2.45) is 12.0 Å². The van der Waals surface area contributed by atoms with Crippen molar-refractivity contribution in [3.8, 4) is 5.75 Å². The highest BCUT2D eigenvalue weighted by Gasteiger charge is 2.03. The highest BCUT2D eigenvalue weighted by Crippen LogP contribution is 2.30. The molecule has 0 atom stereocenters. The SMILES string of the molecule is COc1c(C)cccc1/N=C/c1cnn(C)c1. The molecule has 0 bridgehead atoms. The molecule has 0 fully saturated rings. The Morgan fingerprint density at radius 2 is 2.24 bits per heavy atom. The predicted octanol–water partition coefficient (Wildman–Crippen LogP) is 2.49. The first-order valence-corrected chi connectivity index (χ1v) is 5.37. The highest BCUT2D eigenvalue weighted by molar-refractivity contribution is 5.82. The van der Waals surface area contributed by atoms with Crippen molar-refractivity contribution < 1.29 is 4.74 Å². The Kier molecular flexibility index (Phi) is 3.23. The molecule has 4 heteroatoms. The van der Waals surface area contributed by atoms with Crippen molar-refractivity contribution in [1.29, 1.82) is 0 Å². The zero-order valence-electron chi connectivity index (χ0n) is 10.2. The Hall–Kier alpha value is -2.10. The Morgan fingerprint density at radius 1 is 1.41 bits per heavy atom. The number of aromatic nitrogens is 2. The number of methoxy groups -OCH3 is 1. The lowest BCUT2D eigenvalue weighted by molar-refractivity contribution is 0.413. The normalized spacial score (nSPS) is 11.0. The van der Waals surface area contributed by atoms with E-state index >= 15 is 0 Å². The second-order valence-electron chi connectivity index (χ2n) is 3.83. The summed E-state index contributed by atoms with van der Waals surface area (Å²) in [5, 5.41) is 4.08. The first-order valence-electron chi connectivity index (χ1n) is 5.37. The number of para-hydroxylation sites is 1. The second kappa shape index (κ2) is 4.82. The maximum atomic E-state index is 5.34. The molecular formula is C13H15N3O. The lowest BCUT2D eigenvalue weighted by Gasteiger charge is -2.06. The summed E-state index contributed by atoms with van der Waals surface area (Å²) in [4.78, 5) is 4.42. The van der Waals surface area contributed by atoms with Gasteiger partial charge in [-0.3, -0.25) is 9.67 Å². The zero-order valence-corrected chi connectivity index (χ0v) is 10.2. The summed E-state index contributed by atoms with van der Waals surface area (Å²) in [6.07, 6.45) is 5.46. The molecule has 1 heterocycles. The third-order valence-electron chi connectivity index (χ3n) is 2.47. The van der Waals surface area contributed by atoms with Crippen LogP contribution in [-0.2, 0) is 7.05 Å². The fraction of sp³-hybridized carbons (Fsp3) is 0.231. The Labute approximate surface area is 101 Å². The van der Waals surface area contributed by atoms with E-state index in [9.17, 15) is 0 Å². The molecule has 0 aliphatic heterocycles. The fourth-order valence-electron chi connectivity index (χ4n) is 1.66. The molecule has 2 aromatic rings. The van der Waals surface area contributed by atoms with E-state index < -0.39 is 0 Å². The molecule has 0 unspecified atom stereocenters. The van der Waals surface area contributed by atoms with Gasteiger partial charge in [0.2, 0.25) is 0 Å². The largest absolute Gasteiger partial charge is 0.494 e. The van der Waals surface area contributed by atoms with Crippen LogP contribution in [0.15, 0.2) is 35.6 Å². The van der Waals surface area contributed by atoms with E-state index in [0.717, 1.165) is 22.6 Å². The smallest absolute Gasteiger partial charge is 0.147 e. The van der Waals surface area contributed by atoms with Gasteiger partial charge in [-0.2, -0.15) is 5.10 Å². The van der Waals surface area contributed by atoms with Crippen molar-refractivity contribution in [3.05, 3.63) is 41.7 Å². The van der Waals surface area contributed by atoms with E-state index in [4.69, 9.17) is 4.74 Å². The minimum absolute atomic E-state index is 0.813. The van der Waals surface area contributed by atoms with Crippen LogP contribution in [0.4, 0.5) is 5.69 Å². The molecule has 0 radical (unpaired) electrons. The number of hydrogen-bond acceptors (Lipinski definition) is 3. The number of benzene rings is 1. The number of hydrogen-bond donors (Lipinski definition) is 0. The third kappa shape index (κ3) is 2.53. The Morgan fingerprint density at radius 3 is 2.88 bits per heavy atom. The summed E-state index contributed by atoms with van der Waals surface area (Å²) in [5.41, 5.74) is 2.88. The standard InChI is InChI=1S/C13H15N3O/c1-10-5-4-6-12(13(10)17-3)14-7-11-8-15-16(2)9-11/h4-9H,1-3H3/b14-7+. The highest BCUT2D eigenvalue weighted by atomic mass is 16.5. The first-order chi connectivity index (χ1) is 8.20. The number of nitrogens with zero attached hydrogens (tertiary/aromatic N) is 3. The average Bonchev–Trinajstić information content (AvgIpc) is 2.72. The molecular weight excluding hydrogens is 214 g/mol. The van der Waals surface area contributed by atoms with E-state index in [1.165, 1.54) is 0 Å². The van der Waals surface area contributed by atoms with Crippen molar-refractivity contribution >= 4 is 11.9 Å². The summed E-state index contributed by atoms with van der Waals surface area (Å²) in [6.45, 7) is 2.00. The van der Waals surface area contributed by atoms with Crippen molar-refractivity contribution in [2.45, 2.75) is 6.92 Å². The van der Waals surface area contributed by atoms with Crippen LogP contribution in [0.5, 0.6) is 5.75 Å². The van der Waals surface area contributed by atoms with Gasteiger partial charge in [-0.05, 0) is 18.6 Å². The molecule has 0 amide bonds. The summed E-state index contributed by atoms with van der Waals surface area (Å²) in [7, 11) is 3.54.